The average molecular weight is 461 g/mol. The van der Waals surface area contributed by atoms with E-state index in [4.69, 9.17) is 0 Å². The quantitative estimate of drug-likeness (QED) is 0.653. The van der Waals surface area contributed by atoms with Crippen molar-refractivity contribution in [2.75, 3.05) is 6.54 Å². The Morgan fingerprint density at radius 3 is 2.09 bits per heavy atom. The minimum absolute atomic E-state index is 0.0236. The SMILES string of the molecule is CC1(C)CC(=O)N(C(=O)[C@@H]2CN3C(=O)CC(C)(C)N3[C@@H]2c2ccccc2)N1Cc1ccccc1. The van der Waals surface area contributed by atoms with Gasteiger partial charge >= 0.3 is 0 Å². The van der Waals surface area contributed by atoms with Crippen LogP contribution in [0.5, 0.6) is 0 Å². The predicted molar refractivity (Wildman–Crippen MR) is 127 cm³/mol. The van der Waals surface area contributed by atoms with Crippen LogP contribution in [0.4, 0.5) is 0 Å². The van der Waals surface area contributed by atoms with E-state index in [1.165, 1.54) is 5.01 Å². The summed E-state index contributed by atoms with van der Waals surface area (Å²) in [5.41, 5.74) is 1.11. The van der Waals surface area contributed by atoms with E-state index in [1.54, 1.807) is 5.01 Å². The maximum Gasteiger partial charge on any atom is 0.250 e. The van der Waals surface area contributed by atoms with Crippen molar-refractivity contribution in [3.63, 3.8) is 0 Å². The van der Waals surface area contributed by atoms with Crippen molar-refractivity contribution in [3.05, 3.63) is 71.8 Å². The van der Waals surface area contributed by atoms with Gasteiger partial charge in [0.1, 0.15) is 0 Å². The van der Waals surface area contributed by atoms with Crippen LogP contribution in [0.15, 0.2) is 60.7 Å². The zero-order valence-electron chi connectivity index (χ0n) is 20.3. The van der Waals surface area contributed by atoms with Crippen LogP contribution >= 0.6 is 0 Å². The Morgan fingerprint density at radius 2 is 1.44 bits per heavy atom. The molecule has 0 unspecified atom stereocenters. The fourth-order valence-electron chi connectivity index (χ4n) is 5.78. The van der Waals surface area contributed by atoms with Gasteiger partial charge in [-0.05, 0) is 38.8 Å². The number of imide groups is 1. The topological polar surface area (TPSA) is 64.2 Å². The molecule has 2 aromatic rings. The summed E-state index contributed by atoms with van der Waals surface area (Å²) < 4.78 is 0. The first-order valence-electron chi connectivity index (χ1n) is 11.9. The van der Waals surface area contributed by atoms with Gasteiger partial charge in [-0.1, -0.05) is 60.7 Å². The van der Waals surface area contributed by atoms with Crippen LogP contribution in [-0.4, -0.2) is 55.4 Å². The molecule has 7 nitrogen and oxygen atoms in total. The number of nitrogens with zero attached hydrogens (tertiary/aromatic N) is 4. The van der Waals surface area contributed by atoms with E-state index < -0.39 is 17.0 Å². The Bertz CT molecular complexity index is 1120. The molecule has 0 aliphatic carbocycles. The van der Waals surface area contributed by atoms with Gasteiger partial charge in [-0.2, -0.15) is 0 Å². The number of hydrogen-bond donors (Lipinski definition) is 0. The number of carbonyl (C=O) groups is 3. The van der Waals surface area contributed by atoms with Crippen molar-refractivity contribution in [2.45, 2.75) is 64.2 Å². The van der Waals surface area contributed by atoms with Crippen LogP contribution in [0.2, 0.25) is 0 Å². The Hall–Kier alpha value is -3.03. The van der Waals surface area contributed by atoms with Gasteiger partial charge in [0.25, 0.3) is 5.91 Å². The molecule has 5 rings (SSSR count). The van der Waals surface area contributed by atoms with Crippen molar-refractivity contribution in [3.8, 4) is 0 Å². The van der Waals surface area contributed by atoms with Gasteiger partial charge in [0, 0.05) is 30.5 Å². The number of amides is 3. The van der Waals surface area contributed by atoms with Crippen LogP contribution in [0.1, 0.15) is 57.7 Å². The van der Waals surface area contributed by atoms with E-state index in [-0.39, 0.29) is 36.7 Å². The number of rotatable bonds is 4. The summed E-state index contributed by atoms with van der Waals surface area (Å²) in [5.74, 6) is -0.943. The van der Waals surface area contributed by atoms with Crippen LogP contribution in [0, 0.1) is 5.92 Å². The number of fused-ring (bicyclic) bond motifs is 1. The van der Waals surface area contributed by atoms with Gasteiger partial charge < -0.3 is 0 Å². The average Bonchev–Trinajstić information content (AvgIpc) is 3.37. The smallest absolute Gasteiger partial charge is 0.250 e. The largest absolute Gasteiger partial charge is 0.273 e. The van der Waals surface area contributed by atoms with E-state index in [1.807, 2.05) is 93.4 Å². The third kappa shape index (κ3) is 3.63. The second-order valence-electron chi connectivity index (χ2n) is 10.8. The number of hydrazine groups is 2. The summed E-state index contributed by atoms with van der Waals surface area (Å²) in [7, 11) is 0. The third-order valence-electron chi connectivity index (χ3n) is 7.37. The zero-order chi connectivity index (χ0) is 24.3. The summed E-state index contributed by atoms with van der Waals surface area (Å²) >= 11 is 0. The van der Waals surface area contributed by atoms with Crippen molar-refractivity contribution < 1.29 is 14.4 Å². The van der Waals surface area contributed by atoms with Crippen molar-refractivity contribution >= 4 is 17.7 Å². The lowest BCUT2D eigenvalue weighted by Gasteiger charge is -2.39. The Labute approximate surface area is 200 Å². The first-order valence-corrected chi connectivity index (χ1v) is 11.9. The molecule has 3 amide bonds. The van der Waals surface area contributed by atoms with Gasteiger partial charge in [-0.25, -0.2) is 15.0 Å². The lowest BCUT2D eigenvalue weighted by Crippen LogP contribution is -2.52. The second kappa shape index (κ2) is 8.03. The van der Waals surface area contributed by atoms with E-state index >= 15 is 0 Å². The molecule has 3 heterocycles. The Morgan fingerprint density at radius 1 is 0.853 bits per heavy atom. The minimum atomic E-state index is -0.540. The van der Waals surface area contributed by atoms with Gasteiger partial charge in [0.15, 0.2) is 0 Å². The molecular formula is C27H32N4O3. The maximum absolute atomic E-state index is 14.2. The van der Waals surface area contributed by atoms with E-state index in [9.17, 15) is 14.4 Å². The second-order valence-corrected chi connectivity index (χ2v) is 10.8. The van der Waals surface area contributed by atoms with Crippen LogP contribution < -0.4 is 0 Å². The van der Waals surface area contributed by atoms with Crippen LogP contribution in [-0.2, 0) is 20.9 Å². The standard InChI is InChI=1S/C27H32N4O3/c1-26(2)16-23(33)30(29(26)17-19-11-7-5-8-12-19)25(34)21-18-28-22(32)15-27(3,4)31(28)24(21)20-13-9-6-10-14-20/h5-14,21,24H,15-18H2,1-4H3/t21-,24-/m1/s1. The Balaban J connectivity index is 1.53. The highest BCUT2D eigenvalue weighted by Gasteiger charge is 2.59. The van der Waals surface area contributed by atoms with Gasteiger partial charge in [0.05, 0.1) is 18.5 Å². The first kappa shape index (κ1) is 22.7. The number of carbonyl (C=O) groups excluding carboxylic acids is 3. The molecule has 178 valence electrons. The molecule has 2 aromatic carbocycles. The summed E-state index contributed by atoms with van der Waals surface area (Å²) in [6.45, 7) is 8.83. The summed E-state index contributed by atoms with van der Waals surface area (Å²) in [4.78, 5) is 40.3. The molecule has 3 aliphatic heterocycles. The molecule has 2 atom stereocenters. The van der Waals surface area contributed by atoms with Crippen LogP contribution in [0.3, 0.4) is 0 Å². The highest BCUT2D eigenvalue weighted by Crippen LogP contribution is 2.48. The predicted octanol–water partition coefficient (Wildman–Crippen LogP) is 3.54. The molecule has 0 saturated carbocycles. The molecule has 3 fully saturated rings. The fraction of sp³-hybridized carbons (Fsp3) is 0.444. The molecule has 3 saturated heterocycles. The molecule has 34 heavy (non-hydrogen) atoms. The first-order chi connectivity index (χ1) is 16.1. The number of hydrogen-bond acceptors (Lipinski definition) is 5. The minimum Gasteiger partial charge on any atom is -0.273 e. The van der Waals surface area contributed by atoms with Crippen molar-refractivity contribution in [1.82, 2.24) is 20.0 Å². The lowest BCUT2D eigenvalue weighted by atomic mass is 9.89. The molecule has 0 bridgehead atoms. The highest BCUT2D eigenvalue weighted by atomic mass is 16.2. The summed E-state index contributed by atoms with van der Waals surface area (Å²) in [5, 5.41) is 7.07. The molecule has 0 aromatic heterocycles. The lowest BCUT2D eigenvalue weighted by molar-refractivity contribution is -0.165. The van der Waals surface area contributed by atoms with Crippen molar-refractivity contribution in [2.24, 2.45) is 5.92 Å². The molecule has 7 heteroatoms. The normalized spacial score (nSPS) is 26.4. The van der Waals surface area contributed by atoms with Crippen LogP contribution in [0.25, 0.3) is 0 Å². The van der Waals surface area contributed by atoms with Gasteiger partial charge in [0.2, 0.25) is 11.8 Å². The monoisotopic (exact) mass is 460 g/mol. The van der Waals surface area contributed by atoms with E-state index in [2.05, 4.69) is 5.01 Å². The molecule has 0 spiro atoms. The summed E-state index contributed by atoms with van der Waals surface area (Å²) in [6.07, 6.45) is 0.680. The molecule has 3 aliphatic rings. The number of benzene rings is 2. The molecular weight excluding hydrogens is 428 g/mol. The third-order valence-corrected chi connectivity index (χ3v) is 7.37. The molecule has 0 N–H and O–H groups in total. The fourth-order valence-corrected chi connectivity index (χ4v) is 5.78. The maximum atomic E-state index is 14.2. The van der Waals surface area contributed by atoms with Gasteiger partial charge in [-0.15, -0.1) is 0 Å². The van der Waals surface area contributed by atoms with E-state index in [0.29, 0.717) is 13.0 Å². The van der Waals surface area contributed by atoms with Gasteiger partial charge in [-0.3, -0.25) is 19.4 Å². The highest BCUT2D eigenvalue weighted by molar-refractivity contribution is 5.98. The summed E-state index contributed by atoms with van der Waals surface area (Å²) in [6, 6.07) is 19.4. The Kier molecular flexibility index (Phi) is 5.37. The van der Waals surface area contributed by atoms with Crippen molar-refractivity contribution in [1.29, 1.82) is 0 Å². The van der Waals surface area contributed by atoms with E-state index in [0.717, 1.165) is 11.1 Å². The zero-order valence-corrected chi connectivity index (χ0v) is 20.3. The molecule has 0 radical (unpaired) electrons.